The van der Waals surface area contributed by atoms with Gasteiger partial charge in [0.05, 0.1) is 13.2 Å². The zero-order valence-electron chi connectivity index (χ0n) is 14.1. The molecular weight excluding hydrogens is 286 g/mol. The highest BCUT2D eigenvalue weighted by Gasteiger charge is 2.11. The van der Waals surface area contributed by atoms with Crippen LogP contribution in [0.5, 0.6) is 5.75 Å². The molecule has 0 unspecified atom stereocenters. The number of ether oxygens (including phenoxy) is 1. The highest BCUT2D eigenvalue weighted by atomic mass is 16.5. The maximum atomic E-state index is 8.72. The van der Waals surface area contributed by atoms with E-state index in [2.05, 4.69) is 61.6 Å². The van der Waals surface area contributed by atoms with Crippen LogP contribution in [0.4, 0.5) is 0 Å². The van der Waals surface area contributed by atoms with E-state index in [1.54, 1.807) is 0 Å². The molecule has 0 bridgehead atoms. The van der Waals surface area contributed by atoms with E-state index in [1.807, 2.05) is 0 Å². The fraction of sp³-hybridized carbons (Fsp3) is 0.400. The molecule has 0 aliphatic carbocycles. The van der Waals surface area contributed by atoms with Crippen molar-refractivity contribution < 1.29 is 9.84 Å². The summed E-state index contributed by atoms with van der Waals surface area (Å²) in [7, 11) is 0. The number of aliphatic hydroxyl groups is 1. The number of nitrogens with one attached hydrogen (secondary N) is 1. The SMILES string of the molecule is Cc1ccccc1-c1c(C)cccc1OCCCCNCCO. The Balaban J connectivity index is 2.00. The largest absolute Gasteiger partial charge is 0.493 e. The number of rotatable bonds is 9. The third-order valence-electron chi connectivity index (χ3n) is 3.94. The van der Waals surface area contributed by atoms with Crippen LogP contribution < -0.4 is 10.1 Å². The predicted molar refractivity (Wildman–Crippen MR) is 96.0 cm³/mol. The molecular formula is C20H27NO2. The molecule has 0 fully saturated rings. The molecule has 3 heteroatoms. The van der Waals surface area contributed by atoms with Crippen molar-refractivity contribution in [1.82, 2.24) is 5.32 Å². The fourth-order valence-corrected chi connectivity index (χ4v) is 2.70. The van der Waals surface area contributed by atoms with Gasteiger partial charge in [0, 0.05) is 12.1 Å². The highest BCUT2D eigenvalue weighted by Crippen LogP contribution is 2.35. The normalized spacial score (nSPS) is 10.7. The first-order valence-corrected chi connectivity index (χ1v) is 8.34. The van der Waals surface area contributed by atoms with E-state index in [-0.39, 0.29) is 6.61 Å². The average molecular weight is 313 g/mol. The molecule has 0 spiro atoms. The van der Waals surface area contributed by atoms with Crippen molar-refractivity contribution in [2.75, 3.05) is 26.3 Å². The quantitative estimate of drug-likeness (QED) is 0.693. The van der Waals surface area contributed by atoms with Crippen LogP contribution in [0.1, 0.15) is 24.0 Å². The van der Waals surface area contributed by atoms with Gasteiger partial charge in [0.2, 0.25) is 0 Å². The average Bonchev–Trinajstić information content (AvgIpc) is 2.55. The Kier molecular flexibility index (Phi) is 7.11. The van der Waals surface area contributed by atoms with Gasteiger partial charge in [-0.3, -0.25) is 0 Å². The van der Waals surface area contributed by atoms with Gasteiger partial charge in [-0.2, -0.15) is 0 Å². The third kappa shape index (κ3) is 5.08. The molecule has 0 atom stereocenters. The molecule has 0 aliphatic heterocycles. The van der Waals surface area contributed by atoms with E-state index < -0.39 is 0 Å². The van der Waals surface area contributed by atoms with E-state index in [0.717, 1.165) is 25.1 Å². The van der Waals surface area contributed by atoms with Crippen LogP contribution in [0.15, 0.2) is 42.5 Å². The van der Waals surface area contributed by atoms with Crippen molar-refractivity contribution in [3.8, 4) is 16.9 Å². The van der Waals surface area contributed by atoms with Crippen LogP contribution in [-0.4, -0.2) is 31.4 Å². The van der Waals surface area contributed by atoms with Gasteiger partial charge in [-0.25, -0.2) is 0 Å². The van der Waals surface area contributed by atoms with Crippen molar-refractivity contribution in [3.05, 3.63) is 53.6 Å². The molecule has 124 valence electrons. The van der Waals surface area contributed by atoms with Crippen LogP contribution in [0.2, 0.25) is 0 Å². The second-order valence-corrected chi connectivity index (χ2v) is 5.79. The standard InChI is InChI=1S/C20H27NO2/c1-16-8-3-4-10-18(16)20-17(2)9-7-11-19(20)23-15-6-5-12-21-13-14-22/h3-4,7-11,21-22H,5-6,12-15H2,1-2H3. The first kappa shape index (κ1) is 17.5. The smallest absolute Gasteiger partial charge is 0.127 e. The Bertz CT molecular complexity index is 610. The lowest BCUT2D eigenvalue weighted by atomic mass is 9.96. The zero-order chi connectivity index (χ0) is 16.5. The van der Waals surface area contributed by atoms with Gasteiger partial charge in [-0.05, 0) is 56.0 Å². The summed E-state index contributed by atoms with van der Waals surface area (Å²) < 4.78 is 6.06. The van der Waals surface area contributed by atoms with Gasteiger partial charge in [-0.15, -0.1) is 0 Å². The molecule has 2 aromatic rings. The van der Waals surface area contributed by atoms with Gasteiger partial charge >= 0.3 is 0 Å². The minimum Gasteiger partial charge on any atom is -0.493 e. The molecule has 0 amide bonds. The summed E-state index contributed by atoms with van der Waals surface area (Å²) >= 11 is 0. The number of hydrogen-bond acceptors (Lipinski definition) is 3. The summed E-state index contributed by atoms with van der Waals surface area (Å²) in [5.74, 6) is 0.961. The molecule has 0 radical (unpaired) electrons. The molecule has 0 saturated heterocycles. The third-order valence-corrected chi connectivity index (χ3v) is 3.94. The fourth-order valence-electron chi connectivity index (χ4n) is 2.70. The molecule has 0 aliphatic rings. The minimum absolute atomic E-state index is 0.194. The molecule has 2 rings (SSSR count). The van der Waals surface area contributed by atoms with Crippen LogP contribution in [-0.2, 0) is 0 Å². The Hall–Kier alpha value is -1.84. The number of aryl methyl sites for hydroxylation is 2. The van der Waals surface area contributed by atoms with E-state index in [1.165, 1.54) is 22.3 Å². The second-order valence-electron chi connectivity index (χ2n) is 5.79. The maximum Gasteiger partial charge on any atom is 0.127 e. The number of unbranched alkanes of at least 4 members (excludes halogenated alkanes) is 1. The Morgan fingerprint density at radius 3 is 2.48 bits per heavy atom. The van der Waals surface area contributed by atoms with Gasteiger partial charge in [0.15, 0.2) is 0 Å². The zero-order valence-corrected chi connectivity index (χ0v) is 14.1. The molecule has 23 heavy (non-hydrogen) atoms. The number of aliphatic hydroxyl groups excluding tert-OH is 1. The lowest BCUT2D eigenvalue weighted by molar-refractivity contribution is 0.287. The minimum atomic E-state index is 0.194. The summed E-state index contributed by atoms with van der Waals surface area (Å²) in [5.41, 5.74) is 4.94. The second kappa shape index (κ2) is 9.33. The van der Waals surface area contributed by atoms with Crippen LogP contribution in [0, 0.1) is 13.8 Å². The summed E-state index contributed by atoms with van der Waals surface area (Å²) in [4.78, 5) is 0. The van der Waals surface area contributed by atoms with Crippen LogP contribution >= 0.6 is 0 Å². The molecule has 2 N–H and O–H groups in total. The topological polar surface area (TPSA) is 41.5 Å². The lowest BCUT2D eigenvalue weighted by Crippen LogP contribution is -2.19. The van der Waals surface area contributed by atoms with E-state index in [4.69, 9.17) is 9.84 Å². The monoisotopic (exact) mass is 313 g/mol. The van der Waals surface area contributed by atoms with Gasteiger partial charge in [-0.1, -0.05) is 36.4 Å². The van der Waals surface area contributed by atoms with Crippen LogP contribution in [0.3, 0.4) is 0 Å². The molecule has 0 saturated carbocycles. The van der Waals surface area contributed by atoms with E-state index >= 15 is 0 Å². The van der Waals surface area contributed by atoms with E-state index in [0.29, 0.717) is 13.2 Å². The van der Waals surface area contributed by atoms with Gasteiger partial charge in [0.25, 0.3) is 0 Å². The van der Waals surface area contributed by atoms with Gasteiger partial charge in [0.1, 0.15) is 5.75 Å². The molecule has 3 nitrogen and oxygen atoms in total. The summed E-state index contributed by atoms with van der Waals surface area (Å²) in [6.45, 7) is 6.76. The lowest BCUT2D eigenvalue weighted by Gasteiger charge is -2.16. The predicted octanol–water partition coefficient (Wildman–Crippen LogP) is 3.71. The number of benzene rings is 2. The molecule has 2 aromatic carbocycles. The van der Waals surface area contributed by atoms with Crippen molar-refractivity contribution in [2.45, 2.75) is 26.7 Å². The molecule has 0 heterocycles. The Morgan fingerprint density at radius 2 is 1.70 bits per heavy atom. The Morgan fingerprint density at radius 1 is 0.913 bits per heavy atom. The van der Waals surface area contributed by atoms with Gasteiger partial charge < -0.3 is 15.2 Å². The Labute approximate surface area is 139 Å². The van der Waals surface area contributed by atoms with Crippen molar-refractivity contribution in [3.63, 3.8) is 0 Å². The van der Waals surface area contributed by atoms with Crippen molar-refractivity contribution in [2.24, 2.45) is 0 Å². The summed E-state index contributed by atoms with van der Waals surface area (Å²) in [5, 5.41) is 11.9. The first-order valence-electron chi connectivity index (χ1n) is 8.34. The summed E-state index contributed by atoms with van der Waals surface area (Å²) in [6, 6.07) is 14.7. The van der Waals surface area contributed by atoms with Crippen molar-refractivity contribution >= 4 is 0 Å². The van der Waals surface area contributed by atoms with Crippen LogP contribution in [0.25, 0.3) is 11.1 Å². The highest BCUT2D eigenvalue weighted by molar-refractivity contribution is 5.76. The van der Waals surface area contributed by atoms with E-state index in [9.17, 15) is 0 Å². The summed E-state index contributed by atoms with van der Waals surface area (Å²) in [6.07, 6.45) is 2.05. The first-order chi connectivity index (χ1) is 11.2. The number of hydrogen-bond donors (Lipinski definition) is 2. The van der Waals surface area contributed by atoms with Crippen molar-refractivity contribution in [1.29, 1.82) is 0 Å². The molecule has 0 aromatic heterocycles. The maximum absolute atomic E-state index is 8.72.